The van der Waals surface area contributed by atoms with E-state index in [-0.39, 0.29) is 30.7 Å². The van der Waals surface area contributed by atoms with E-state index in [1.807, 2.05) is 42.0 Å². The first kappa shape index (κ1) is 23.6. The van der Waals surface area contributed by atoms with E-state index in [2.05, 4.69) is 15.6 Å². The lowest BCUT2D eigenvalue weighted by atomic mass is 10.2. The molecule has 0 saturated heterocycles. The fourth-order valence-corrected chi connectivity index (χ4v) is 2.54. The Balaban J connectivity index is 0.00000196. The monoisotopic (exact) mass is 426 g/mol. The number of ether oxygens (including phenoxy) is 2. The normalized spacial score (nSPS) is 9.93. The molecule has 28 heavy (non-hydrogen) atoms. The van der Waals surface area contributed by atoms with Crippen LogP contribution in [0.5, 0.6) is 11.5 Å². The number of amides is 1. The number of imidazole rings is 1. The molecule has 0 saturated carbocycles. The maximum Gasteiger partial charge on any atom is 0.225 e. The number of carbonyl (C=O) groups is 1. The van der Waals surface area contributed by atoms with Gasteiger partial charge in [0.25, 0.3) is 0 Å². The number of rotatable bonds is 8. The summed E-state index contributed by atoms with van der Waals surface area (Å²) < 4.78 is 13.2. The molecule has 0 aliphatic carbocycles. The Labute approximate surface area is 176 Å². The fraction of sp³-hybridized carbons (Fsp3) is 0.263. The Hall–Kier alpha value is -2.48. The number of benzene rings is 1. The van der Waals surface area contributed by atoms with E-state index in [9.17, 15) is 4.79 Å². The van der Waals surface area contributed by atoms with Crippen molar-refractivity contribution in [3.63, 3.8) is 0 Å². The summed E-state index contributed by atoms with van der Waals surface area (Å²) >= 11 is 0. The van der Waals surface area contributed by atoms with E-state index in [1.165, 1.54) is 0 Å². The molecule has 9 heteroatoms. The lowest BCUT2D eigenvalue weighted by Crippen LogP contribution is -2.18. The number of anilines is 1. The van der Waals surface area contributed by atoms with Gasteiger partial charge < -0.3 is 24.5 Å². The predicted molar refractivity (Wildman–Crippen MR) is 114 cm³/mol. The lowest BCUT2D eigenvalue weighted by Gasteiger charge is -2.12. The van der Waals surface area contributed by atoms with Crippen molar-refractivity contribution in [3.8, 4) is 11.5 Å². The van der Waals surface area contributed by atoms with E-state index < -0.39 is 0 Å². The van der Waals surface area contributed by atoms with Gasteiger partial charge in [-0.05, 0) is 31.3 Å². The number of fused-ring (bicyclic) bond motifs is 1. The molecule has 1 aromatic carbocycles. The standard InChI is InChI=1S/C19H22N4O3.2ClH/c1-20-9-8-19(24)22-14-6-7-16(25-2)17(11-14)26-13-15-12-23-10-4-3-5-18(23)21-15;;/h3-7,10-12,20H,8-9,13H2,1-2H3,(H,22,24);2*1H. The van der Waals surface area contributed by atoms with Crippen LogP contribution in [0.2, 0.25) is 0 Å². The van der Waals surface area contributed by atoms with E-state index in [1.54, 1.807) is 25.3 Å². The number of nitrogens with zero attached hydrogens (tertiary/aromatic N) is 2. The zero-order valence-corrected chi connectivity index (χ0v) is 17.3. The third-order valence-corrected chi connectivity index (χ3v) is 3.84. The fourth-order valence-electron chi connectivity index (χ4n) is 2.54. The van der Waals surface area contributed by atoms with Crippen LogP contribution in [0, 0.1) is 0 Å². The number of aromatic nitrogens is 2. The van der Waals surface area contributed by atoms with Crippen LogP contribution < -0.4 is 20.1 Å². The second kappa shape index (κ2) is 11.4. The highest BCUT2D eigenvalue weighted by Crippen LogP contribution is 2.31. The highest BCUT2D eigenvalue weighted by Gasteiger charge is 2.10. The molecule has 0 spiro atoms. The van der Waals surface area contributed by atoms with Gasteiger partial charge in [0, 0.05) is 37.1 Å². The summed E-state index contributed by atoms with van der Waals surface area (Å²) in [6.45, 7) is 0.925. The minimum Gasteiger partial charge on any atom is -0.493 e. The van der Waals surface area contributed by atoms with Crippen LogP contribution in [-0.2, 0) is 11.4 Å². The predicted octanol–water partition coefficient (Wildman–Crippen LogP) is 3.31. The third-order valence-electron chi connectivity index (χ3n) is 3.84. The van der Waals surface area contributed by atoms with Crippen molar-refractivity contribution in [1.29, 1.82) is 0 Å². The Morgan fingerprint density at radius 2 is 2.00 bits per heavy atom. The molecule has 2 heterocycles. The van der Waals surface area contributed by atoms with Gasteiger partial charge in [-0.15, -0.1) is 24.8 Å². The number of carbonyl (C=O) groups excluding carboxylic acids is 1. The van der Waals surface area contributed by atoms with Gasteiger partial charge in [-0.1, -0.05) is 6.07 Å². The van der Waals surface area contributed by atoms with Gasteiger partial charge in [-0.3, -0.25) is 4.79 Å². The van der Waals surface area contributed by atoms with Crippen LogP contribution in [0.25, 0.3) is 5.65 Å². The van der Waals surface area contributed by atoms with Crippen molar-refractivity contribution >= 4 is 42.1 Å². The minimum absolute atomic E-state index is 0. The second-order valence-corrected chi connectivity index (χ2v) is 5.75. The van der Waals surface area contributed by atoms with Gasteiger partial charge in [0.05, 0.1) is 12.8 Å². The van der Waals surface area contributed by atoms with E-state index in [4.69, 9.17) is 9.47 Å². The van der Waals surface area contributed by atoms with Crippen LogP contribution >= 0.6 is 24.8 Å². The molecule has 0 fully saturated rings. The average molecular weight is 427 g/mol. The van der Waals surface area contributed by atoms with Crippen molar-refractivity contribution < 1.29 is 14.3 Å². The summed E-state index contributed by atoms with van der Waals surface area (Å²) in [5, 5.41) is 5.80. The van der Waals surface area contributed by atoms with Crippen molar-refractivity contribution in [2.45, 2.75) is 13.0 Å². The molecule has 0 aliphatic rings. The molecule has 2 aromatic heterocycles. The topological polar surface area (TPSA) is 76.9 Å². The highest BCUT2D eigenvalue weighted by molar-refractivity contribution is 5.91. The highest BCUT2D eigenvalue weighted by atomic mass is 35.5. The average Bonchev–Trinajstić information content (AvgIpc) is 3.08. The van der Waals surface area contributed by atoms with E-state index >= 15 is 0 Å². The van der Waals surface area contributed by atoms with E-state index in [0.717, 1.165) is 11.3 Å². The molecule has 0 atom stereocenters. The van der Waals surface area contributed by atoms with Crippen LogP contribution in [0.15, 0.2) is 48.8 Å². The molecular weight excluding hydrogens is 403 g/mol. The molecule has 0 bridgehead atoms. The Morgan fingerprint density at radius 3 is 2.71 bits per heavy atom. The molecular formula is C19H24Cl2N4O3. The number of methoxy groups -OCH3 is 1. The smallest absolute Gasteiger partial charge is 0.225 e. The first-order valence-corrected chi connectivity index (χ1v) is 8.37. The zero-order valence-electron chi connectivity index (χ0n) is 15.7. The maximum atomic E-state index is 11.9. The van der Waals surface area contributed by atoms with Crippen LogP contribution in [0.4, 0.5) is 5.69 Å². The Morgan fingerprint density at radius 1 is 1.18 bits per heavy atom. The summed E-state index contributed by atoms with van der Waals surface area (Å²) in [6.07, 6.45) is 4.26. The molecule has 0 unspecified atom stereocenters. The Bertz CT molecular complexity index is 869. The van der Waals surface area contributed by atoms with Crippen LogP contribution in [0.1, 0.15) is 12.1 Å². The van der Waals surface area contributed by atoms with Gasteiger partial charge in [-0.2, -0.15) is 0 Å². The van der Waals surface area contributed by atoms with Gasteiger partial charge >= 0.3 is 0 Å². The molecule has 1 amide bonds. The second-order valence-electron chi connectivity index (χ2n) is 5.75. The summed E-state index contributed by atoms with van der Waals surface area (Å²) in [5.74, 6) is 1.09. The molecule has 0 aliphatic heterocycles. The van der Waals surface area contributed by atoms with Gasteiger partial charge in [0.15, 0.2) is 11.5 Å². The number of halogens is 2. The number of hydrogen-bond acceptors (Lipinski definition) is 5. The number of hydrogen-bond donors (Lipinski definition) is 2. The summed E-state index contributed by atoms with van der Waals surface area (Å²) in [7, 11) is 3.39. The largest absolute Gasteiger partial charge is 0.493 e. The Kier molecular flexibility index (Phi) is 9.58. The summed E-state index contributed by atoms with van der Waals surface area (Å²) in [6, 6.07) is 11.1. The maximum absolute atomic E-state index is 11.9. The van der Waals surface area contributed by atoms with Crippen molar-refractivity contribution in [2.24, 2.45) is 0 Å². The van der Waals surface area contributed by atoms with Crippen molar-refractivity contribution in [3.05, 3.63) is 54.5 Å². The molecule has 3 aromatic rings. The molecule has 152 valence electrons. The summed E-state index contributed by atoms with van der Waals surface area (Å²) in [5.41, 5.74) is 2.34. The molecule has 0 radical (unpaired) electrons. The van der Waals surface area contributed by atoms with Gasteiger partial charge in [-0.25, -0.2) is 4.98 Å². The van der Waals surface area contributed by atoms with Crippen LogP contribution in [0.3, 0.4) is 0 Å². The quantitative estimate of drug-likeness (QED) is 0.577. The summed E-state index contributed by atoms with van der Waals surface area (Å²) in [4.78, 5) is 16.4. The van der Waals surface area contributed by atoms with Gasteiger partial charge in [0.1, 0.15) is 12.3 Å². The molecule has 3 rings (SSSR count). The number of pyridine rings is 1. The van der Waals surface area contributed by atoms with Crippen LogP contribution in [-0.4, -0.2) is 36.0 Å². The SMILES string of the molecule is CNCCC(=O)Nc1ccc(OC)c(OCc2cn3ccccc3n2)c1.Cl.Cl. The van der Waals surface area contributed by atoms with Gasteiger partial charge in [0.2, 0.25) is 5.91 Å². The van der Waals surface area contributed by atoms with Crippen molar-refractivity contribution in [1.82, 2.24) is 14.7 Å². The minimum atomic E-state index is -0.0594. The lowest BCUT2D eigenvalue weighted by molar-refractivity contribution is -0.116. The third kappa shape index (κ3) is 6.02. The molecule has 7 nitrogen and oxygen atoms in total. The van der Waals surface area contributed by atoms with E-state index in [0.29, 0.717) is 36.8 Å². The number of nitrogens with one attached hydrogen (secondary N) is 2. The van der Waals surface area contributed by atoms with Crippen molar-refractivity contribution in [2.75, 3.05) is 26.0 Å². The first-order chi connectivity index (χ1) is 12.7. The zero-order chi connectivity index (χ0) is 18.4. The molecule has 2 N–H and O–H groups in total. The first-order valence-electron chi connectivity index (χ1n) is 8.37.